The van der Waals surface area contributed by atoms with Gasteiger partial charge in [-0.15, -0.1) is 0 Å². The van der Waals surface area contributed by atoms with E-state index >= 15 is 0 Å². The topological polar surface area (TPSA) is 49.5 Å². The van der Waals surface area contributed by atoms with Crippen molar-refractivity contribution in [3.63, 3.8) is 0 Å². The summed E-state index contributed by atoms with van der Waals surface area (Å²) in [6, 6.07) is 9.12. The van der Waals surface area contributed by atoms with Gasteiger partial charge < -0.3 is 10.8 Å². The third-order valence-corrected chi connectivity index (χ3v) is 4.22. The summed E-state index contributed by atoms with van der Waals surface area (Å²) in [6.45, 7) is 6.58. The van der Waals surface area contributed by atoms with Gasteiger partial charge in [-0.25, -0.2) is 0 Å². The summed E-state index contributed by atoms with van der Waals surface area (Å²) in [4.78, 5) is 2.47. The Morgan fingerprint density at radius 1 is 1.26 bits per heavy atom. The summed E-state index contributed by atoms with van der Waals surface area (Å²) in [5, 5.41) is 9.23. The first kappa shape index (κ1) is 14.5. The fourth-order valence-electron chi connectivity index (χ4n) is 3.02. The highest BCUT2D eigenvalue weighted by Gasteiger charge is 2.28. The molecule has 3 heteroatoms. The molecule has 1 aliphatic rings. The number of nitrogens with two attached hydrogens (primary N) is 1. The van der Waals surface area contributed by atoms with Crippen LogP contribution in [-0.4, -0.2) is 35.7 Å². The van der Waals surface area contributed by atoms with Gasteiger partial charge in [0.1, 0.15) is 0 Å². The highest BCUT2D eigenvalue weighted by molar-refractivity contribution is 5.25. The second-order valence-electron chi connectivity index (χ2n) is 5.88. The molecule has 1 fully saturated rings. The summed E-state index contributed by atoms with van der Waals surface area (Å²) in [7, 11) is 0. The van der Waals surface area contributed by atoms with Gasteiger partial charge in [-0.05, 0) is 51.3 Å². The molecule has 1 aromatic carbocycles. The Morgan fingerprint density at radius 2 is 1.84 bits per heavy atom. The Hall–Kier alpha value is -0.900. The highest BCUT2D eigenvalue weighted by Crippen LogP contribution is 2.28. The minimum absolute atomic E-state index is 0.119. The number of benzene rings is 1. The number of likely N-dealkylation sites (tertiary alicyclic amines) is 1. The monoisotopic (exact) mass is 262 g/mol. The van der Waals surface area contributed by atoms with Gasteiger partial charge in [-0.2, -0.15) is 0 Å². The molecule has 3 N–H and O–H groups in total. The molecule has 3 nitrogen and oxygen atoms in total. The van der Waals surface area contributed by atoms with E-state index in [4.69, 9.17) is 5.73 Å². The molecule has 2 unspecified atom stereocenters. The lowest BCUT2D eigenvalue weighted by Crippen LogP contribution is -2.44. The lowest BCUT2D eigenvalue weighted by atomic mass is 9.92. The summed E-state index contributed by atoms with van der Waals surface area (Å²) in [5.41, 5.74) is 8.81. The average molecular weight is 262 g/mol. The summed E-state index contributed by atoms with van der Waals surface area (Å²) < 4.78 is 0. The Kier molecular flexibility index (Phi) is 4.97. The Bertz CT molecular complexity index is 380. The van der Waals surface area contributed by atoms with E-state index in [9.17, 15) is 5.11 Å². The van der Waals surface area contributed by atoms with Crippen LogP contribution in [0.2, 0.25) is 0 Å². The van der Waals surface area contributed by atoms with Gasteiger partial charge in [0.05, 0.1) is 0 Å². The number of aryl methyl sites for hydroxylation is 1. The molecule has 0 radical (unpaired) electrons. The van der Waals surface area contributed by atoms with Crippen LogP contribution in [0.15, 0.2) is 24.3 Å². The molecule has 2 rings (SSSR count). The van der Waals surface area contributed by atoms with Crippen molar-refractivity contribution in [2.45, 2.75) is 38.8 Å². The lowest BCUT2D eigenvalue weighted by Gasteiger charge is -2.39. The van der Waals surface area contributed by atoms with Gasteiger partial charge in [0.15, 0.2) is 0 Å². The van der Waals surface area contributed by atoms with E-state index in [1.165, 1.54) is 11.1 Å². The molecule has 1 aromatic rings. The Labute approximate surface area is 116 Å². The largest absolute Gasteiger partial charge is 0.396 e. The molecule has 0 aliphatic carbocycles. The zero-order valence-corrected chi connectivity index (χ0v) is 12.0. The van der Waals surface area contributed by atoms with Crippen molar-refractivity contribution in [3.05, 3.63) is 35.4 Å². The maximum Gasteiger partial charge on any atom is 0.0496 e. The Balaban J connectivity index is 2.10. The van der Waals surface area contributed by atoms with Crippen LogP contribution < -0.4 is 5.73 Å². The van der Waals surface area contributed by atoms with Gasteiger partial charge in [0.2, 0.25) is 0 Å². The number of aliphatic hydroxyl groups is 1. The molecule has 0 amide bonds. The summed E-state index contributed by atoms with van der Waals surface area (Å²) in [6.07, 6.45) is 2.15. The van der Waals surface area contributed by atoms with Gasteiger partial charge in [0.25, 0.3) is 0 Å². The van der Waals surface area contributed by atoms with E-state index in [1.807, 2.05) is 0 Å². The van der Waals surface area contributed by atoms with Crippen molar-refractivity contribution < 1.29 is 5.11 Å². The van der Waals surface area contributed by atoms with E-state index in [0.29, 0.717) is 18.6 Å². The van der Waals surface area contributed by atoms with Gasteiger partial charge in [-0.3, -0.25) is 4.90 Å². The number of hydrogen-bond acceptors (Lipinski definition) is 3. The Morgan fingerprint density at radius 3 is 2.32 bits per heavy atom. The molecule has 2 atom stereocenters. The first-order chi connectivity index (χ1) is 9.11. The standard InChI is InChI=1S/C16H26N2O/c1-12-3-5-15(6-4-12)16(13(2)17)18-9-7-14(11-19)8-10-18/h3-6,13-14,16,19H,7-11,17H2,1-2H3. The minimum atomic E-state index is 0.119. The lowest BCUT2D eigenvalue weighted by molar-refractivity contribution is 0.0915. The average Bonchev–Trinajstić information content (AvgIpc) is 2.42. The zero-order valence-electron chi connectivity index (χ0n) is 12.0. The van der Waals surface area contributed by atoms with Crippen molar-refractivity contribution >= 4 is 0 Å². The fraction of sp³-hybridized carbons (Fsp3) is 0.625. The normalized spacial score (nSPS) is 21.3. The summed E-state index contributed by atoms with van der Waals surface area (Å²) in [5.74, 6) is 0.475. The van der Waals surface area contributed by atoms with E-state index in [1.54, 1.807) is 0 Å². The molecule has 0 aromatic heterocycles. The number of rotatable bonds is 4. The minimum Gasteiger partial charge on any atom is -0.396 e. The maximum atomic E-state index is 9.23. The van der Waals surface area contributed by atoms with Crippen LogP contribution in [0.25, 0.3) is 0 Å². The van der Waals surface area contributed by atoms with Crippen LogP contribution in [0, 0.1) is 12.8 Å². The third-order valence-electron chi connectivity index (χ3n) is 4.22. The molecule has 0 bridgehead atoms. The van der Waals surface area contributed by atoms with Gasteiger partial charge >= 0.3 is 0 Å². The van der Waals surface area contributed by atoms with Crippen LogP contribution in [-0.2, 0) is 0 Å². The molecular weight excluding hydrogens is 236 g/mol. The zero-order chi connectivity index (χ0) is 13.8. The van der Waals surface area contributed by atoms with Crippen LogP contribution in [0.5, 0.6) is 0 Å². The first-order valence-corrected chi connectivity index (χ1v) is 7.29. The van der Waals surface area contributed by atoms with Crippen molar-refractivity contribution in [2.24, 2.45) is 11.7 Å². The van der Waals surface area contributed by atoms with E-state index in [-0.39, 0.29) is 6.04 Å². The first-order valence-electron chi connectivity index (χ1n) is 7.29. The smallest absolute Gasteiger partial charge is 0.0496 e. The number of nitrogens with zero attached hydrogens (tertiary/aromatic N) is 1. The predicted molar refractivity (Wildman–Crippen MR) is 79.0 cm³/mol. The van der Waals surface area contributed by atoms with Crippen LogP contribution in [0.3, 0.4) is 0 Å². The van der Waals surface area contributed by atoms with Crippen LogP contribution >= 0.6 is 0 Å². The van der Waals surface area contributed by atoms with E-state index in [2.05, 4.69) is 43.0 Å². The molecule has 19 heavy (non-hydrogen) atoms. The SMILES string of the molecule is Cc1ccc(C(C(C)N)N2CCC(CO)CC2)cc1. The van der Waals surface area contributed by atoms with Crippen molar-refractivity contribution in [1.29, 1.82) is 0 Å². The number of piperidine rings is 1. The van der Waals surface area contributed by atoms with Crippen LogP contribution in [0.4, 0.5) is 0 Å². The molecule has 0 spiro atoms. The molecule has 106 valence electrons. The maximum absolute atomic E-state index is 9.23. The second kappa shape index (κ2) is 6.51. The number of aliphatic hydroxyl groups excluding tert-OH is 1. The molecule has 1 aliphatic heterocycles. The van der Waals surface area contributed by atoms with Crippen molar-refractivity contribution in [2.75, 3.05) is 19.7 Å². The second-order valence-corrected chi connectivity index (χ2v) is 5.88. The molecular formula is C16H26N2O. The molecule has 0 saturated carbocycles. The fourth-order valence-corrected chi connectivity index (χ4v) is 3.02. The van der Waals surface area contributed by atoms with Crippen LogP contribution in [0.1, 0.15) is 36.9 Å². The molecule has 1 saturated heterocycles. The van der Waals surface area contributed by atoms with Gasteiger partial charge in [0, 0.05) is 18.7 Å². The third kappa shape index (κ3) is 3.56. The van der Waals surface area contributed by atoms with Gasteiger partial charge in [-0.1, -0.05) is 29.8 Å². The molecule has 1 heterocycles. The van der Waals surface area contributed by atoms with Crippen molar-refractivity contribution in [1.82, 2.24) is 4.90 Å². The number of hydrogen-bond donors (Lipinski definition) is 2. The summed E-state index contributed by atoms with van der Waals surface area (Å²) >= 11 is 0. The highest BCUT2D eigenvalue weighted by atomic mass is 16.3. The quantitative estimate of drug-likeness (QED) is 0.873. The van der Waals surface area contributed by atoms with E-state index < -0.39 is 0 Å². The van der Waals surface area contributed by atoms with E-state index in [0.717, 1.165) is 25.9 Å². The van der Waals surface area contributed by atoms with Crippen molar-refractivity contribution in [3.8, 4) is 0 Å². The predicted octanol–water partition coefficient (Wildman–Crippen LogP) is 2.09.